The molecule has 0 aliphatic heterocycles. The van der Waals surface area contributed by atoms with Crippen LogP contribution in [0.5, 0.6) is 0 Å². The Kier molecular flexibility index (Phi) is 7.56. The van der Waals surface area contributed by atoms with Crippen molar-refractivity contribution in [2.24, 2.45) is 5.73 Å². The number of thiocarbonyl (C=S) groups is 1. The summed E-state index contributed by atoms with van der Waals surface area (Å²) in [6, 6.07) is 13.1. The van der Waals surface area contributed by atoms with Crippen LogP contribution in [0.4, 0.5) is 24.5 Å². The Morgan fingerprint density at radius 2 is 1.92 bits per heavy atom. The Bertz CT molecular complexity index is 1410. The third-order valence-electron chi connectivity index (χ3n) is 5.56. The molecule has 0 unspecified atom stereocenters. The third kappa shape index (κ3) is 5.26. The van der Waals surface area contributed by atoms with E-state index in [1.165, 1.54) is 24.1 Å². The maximum absolute atomic E-state index is 13.7. The van der Waals surface area contributed by atoms with Gasteiger partial charge in [0.15, 0.2) is 5.11 Å². The molecule has 0 aliphatic rings. The van der Waals surface area contributed by atoms with E-state index in [9.17, 15) is 18.0 Å². The molecule has 0 fully saturated rings. The van der Waals surface area contributed by atoms with Gasteiger partial charge in [0.2, 0.25) is 0 Å². The highest BCUT2D eigenvalue weighted by Crippen LogP contribution is 2.35. The number of hydrogen-bond donors (Lipinski definition) is 1. The molecule has 1 aromatic heterocycles. The van der Waals surface area contributed by atoms with Crippen molar-refractivity contribution in [3.8, 4) is 18.0 Å². The SMILES string of the molecule is CN(C(=S)N(c1ccc2c(cnn2CCC#N)c1)C(C)(C)C=O)c1ccc(C#CN)c(C(F)(F)F)c1. The predicted octanol–water partition coefficient (Wildman–Crippen LogP) is 4.44. The average molecular weight is 513 g/mol. The number of carbonyl (C=O) groups excluding carboxylic acids is 1. The molecule has 1 heterocycles. The van der Waals surface area contributed by atoms with Crippen molar-refractivity contribution in [3.05, 3.63) is 53.7 Å². The number of rotatable bonds is 6. The van der Waals surface area contributed by atoms with Gasteiger partial charge in [-0.05, 0) is 68.4 Å². The van der Waals surface area contributed by atoms with Crippen molar-refractivity contribution in [1.29, 1.82) is 5.26 Å². The van der Waals surface area contributed by atoms with E-state index >= 15 is 0 Å². The quantitative estimate of drug-likeness (QED) is 0.226. The van der Waals surface area contributed by atoms with Gasteiger partial charge in [-0.15, -0.1) is 0 Å². The zero-order valence-corrected chi connectivity index (χ0v) is 20.6. The molecule has 0 amide bonds. The Balaban J connectivity index is 2.06. The summed E-state index contributed by atoms with van der Waals surface area (Å²) in [6.07, 6.45) is -2.00. The number of aldehydes is 1. The second kappa shape index (κ2) is 10.3. The number of nitriles is 1. The molecule has 0 aliphatic carbocycles. The average Bonchev–Trinajstić information content (AvgIpc) is 3.24. The Morgan fingerprint density at radius 1 is 1.22 bits per heavy atom. The molecule has 11 heteroatoms. The number of anilines is 2. The Morgan fingerprint density at radius 3 is 2.53 bits per heavy atom. The van der Waals surface area contributed by atoms with E-state index in [0.29, 0.717) is 18.7 Å². The van der Waals surface area contributed by atoms with Gasteiger partial charge in [-0.25, -0.2) is 0 Å². The second-order valence-electron chi connectivity index (χ2n) is 8.46. The summed E-state index contributed by atoms with van der Waals surface area (Å²) >= 11 is 5.69. The minimum Gasteiger partial charge on any atom is -0.359 e. The van der Waals surface area contributed by atoms with Gasteiger partial charge in [0, 0.05) is 35.4 Å². The molecule has 3 rings (SSSR count). The first-order valence-electron chi connectivity index (χ1n) is 10.7. The van der Waals surface area contributed by atoms with E-state index in [0.717, 1.165) is 23.3 Å². The molecule has 3 aromatic rings. The predicted molar refractivity (Wildman–Crippen MR) is 136 cm³/mol. The van der Waals surface area contributed by atoms with Crippen LogP contribution in [0, 0.1) is 23.3 Å². The summed E-state index contributed by atoms with van der Waals surface area (Å²) in [5.41, 5.74) is 4.31. The number of carbonyl (C=O) groups is 1. The van der Waals surface area contributed by atoms with Crippen LogP contribution in [0.3, 0.4) is 0 Å². The van der Waals surface area contributed by atoms with Crippen LogP contribution < -0.4 is 15.5 Å². The van der Waals surface area contributed by atoms with Crippen molar-refractivity contribution in [1.82, 2.24) is 9.78 Å². The van der Waals surface area contributed by atoms with Gasteiger partial charge in [-0.1, -0.05) is 0 Å². The van der Waals surface area contributed by atoms with E-state index in [4.69, 9.17) is 23.2 Å². The molecule has 0 atom stereocenters. The van der Waals surface area contributed by atoms with Gasteiger partial charge >= 0.3 is 6.18 Å². The highest BCUT2D eigenvalue weighted by Gasteiger charge is 2.35. The molecule has 0 saturated heterocycles. The smallest absolute Gasteiger partial charge is 0.359 e. The van der Waals surface area contributed by atoms with Gasteiger partial charge in [-0.2, -0.15) is 23.5 Å². The van der Waals surface area contributed by atoms with Crippen molar-refractivity contribution in [3.63, 3.8) is 0 Å². The first-order chi connectivity index (χ1) is 16.9. The fourth-order valence-electron chi connectivity index (χ4n) is 3.71. The highest BCUT2D eigenvalue weighted by molar-refractivity contribution is 7.80. The number of halogens is 3. The number of benzene rings is 2. The minimum absolute atomic E-state index is 0.106. The maximum atomic E-state index is 13.7. The number of alkyl halides is 3. The van der Waals surface area contributed by atoms with Crippen LogP contribution in [-0.2, 0) is 17.5 Å². The summed E-state index contributed by atoms with van der Waals surface area (Å²) in [4.78, 5) is 15.0. The number of fused-ring (bicyclic) bond motifs is 1. The van der Waals surface area contributed by atoms with Crippen molar-refractivity contribution < 1.29 is 18.0 Å². The fraction of sp³-hybridized carbons (Fsp3) is 0.280. The van der Waals surface area contributed by atoms with Gasteiger partial charge < -0.3 is 20.3 Å². The first kappa shape index (κ1) is 26.5. The van der Waals surface area contributed by atoms with Gasteiger partial charge in [0.1, 0.15) is 6.29 Å². The van der Waals surface area contributed by atoms with E-state index in [1.54, 1.807) is 47.8 Å². The monoisotopic (exact) mass is 512 g/mol. The lowest BCUT2D eigenvalue weighted by molar-refractivity contribution is -0.137. The van der Waals surface area contributed by atoms with Crippen molar-refractivity contribution >= 4 is 45.9 Å². The fourth-order valence-corrected chi connectivity index (χ4v) is 4.16. The normalized spacial score (nSPS) is 11.4. The number of nitrogens with zero attached hydrogens (tertiary/aromatic N) is 5. The summed E-state index contributed by atoms with van der Waals surface area (Å²) in [7, 11) is 1.53. The maximum Gasteiger partial charge on any atom is 0.417 e. The van der Waals surface area contributed by atoms with E-state index in [2.05, 4.69) is 17.1 Å². The largest absolute Gasteiger partial charge is 0.417 e. The molecular formula is C25H23F3N6OS. The Hall–Kier alpha value is -4.09. The molecule has 2 N–H and O–H groups in total. The lowest BCUT2D eigenvalue weighted by Gasteiger charge is -2.39. The topological polar surface area (TPSA) is 91.2 Å². The number of nitrogens with two attached hydrogens (primary N) is 1. The molecule has 7 nitrogen and oxygen atoms in total. The lowest BCUT2D eigenvalue weighted by atomic mass is 10.0. The molecule has 0 saturated carbocycles. The lowest BCUT2D eigenvalue weighted by Crippen LogP contribution is -2.54. The first-order valence-corrected chi connectivity index (χ1v) is 11.1. The van der Waals surface area contributed by atoms with Crippen LogP contribution in [0.25, 0.3) is 10.9 Å². The molecular weight excluding hydrogens is 489 g/mol. The Labute approximate surface area is 211 Å². The highest BCUT2D eigenvalue weighted by atomic mass is 32.1. The molecule has 36 heavy (non-hydrogen) atoms. The van der Waals surface area contributed by atoms with E-state index < -0.39 is 17.3 Å². The summed E-state index contributed by atoms with van der Waals surface area (Å²) in [6.45, 7) is 3.74. The van der Waals surface area contributed by atoms with E-state index in [1.807, 2.05) is 6.04 Å². The summed E-state index contributed by atoms with van der Waals surface area (Å²) < 4.78 is 42.7. The van der Waals surface area contributed by atoms with Crippen LogP contribution in [0.1, 0.15) is 31.4 Å². The molecule has 0 radical (unpaired) electrons. The summed E-state index contributed by atoms with van der Waals surface area (Å²) in [5.74, 6) is 2.27. The van der Waals surface area contributed by atoms with Gasteiger partial charge in [0.05, 0.1) is 41.9 Å². The van der Waals surface area contributed by atoms with Crippen molar-refractivity contribution in [2.45, 2.75) is 38.5 Å². The van der Waals surface area contributed by atoms with Crippen LogP contribution >= 0.6 is 12.2 Å². The minimum atomic E-state index is -4.66. The number of hydrogen-bond acceptors (Lipinski definition) is 5. The standard InChI is InChI=1S/C25H23F3N6OS/c1-24(2,16-35)34(20-7-8-22-18(13-20)15-31-33(22)12-4-10-29)23(36)32(3)19-6-5-17(9-11-30)21(14-19)25(26,27)28/h5-8,13-16H,4,12,30H2,1-3H3. The van der Waals surface area contributed by atoms with Crippen molar-refractivity contribution in [2.75, 3.05) is 16.8 Å². The molecule has 0 spiro atoms. The third-order valence-corrected chi connectivity index (χ3v) is 6.02. The second-order valence-corrected chi connectivity index (χ2v) is 8.83. The molecule has 2 aromatic carbocycles. The van der Waals surface area contributed by atoms with Crippen LogP contribution in [0.15, 0.2) is 42.6 Å². The van der Waals surface area contributed by atoms with Gasteiger partial charge in [0.25, 0.3) is 0 Å². The van der Waals surface area contributed by atoms with Gasteiger partial charge in [-0.3, -0.25) is 4.68 Å². The molecule has 186 valence electrons. The number of aryl methyl sites for hydroxylation is 1. The number of aromatic nitrogens is 2. The zero-order valence-electron chi connectivity index (χ0n) is 19.8. The summed E-state index contributed by atoms with van der Waals surface area (Å²) in [5, 5.41) is 14.0. The molecule has 0 bridgehead atoms. The van der Waals surface area contributed by atoms with E-state index in [-0.39, 0.29) is 16.4 Å². The van der Waals surface area contributed by atoms with Crippen LogP contribution in [-0.4, -0.2) is 33.8 Å². The van der Waals surface area contributed by atoms with Crippen LogP contribution in [0.2, 0.25) is 0 Å². The zero-order chi connectivity index (χ0) is 26.7.